The Balaban J connectivity index is 2.04. The summed E-state index contributed by atoms with van der Waals surface area (Å²) in [7, 11) is 0. The molecule has 0 fully saturated rings. The highest BCUT2D eigenvalue weighted by molar-refractivity contribution is 8.03. The van der Waals surface area contributed by atoms with E-state index in [2.05, 4.69) is 15.5 Å². The second-order valence-electron chi connectivity index (χ2n) is 4.01. The molecule has 118 valence electrons. The van der Waals surface area contributed by atoms with E-state index in [1.807, 2.05) is 6.26 Å². The molecule has 0 saturated carbocycles. The topological polar surface area (TPSA) is 54.9 Å². The van der Waals surface area contributed by atoms with Crippen molar-refractivity contribution in [2.75, 3.05) is 11.6 Å². The first-order valence-corrected chi connectivity index (χ1v) is 8.83. The summed E-state index contributed by atoms with van der Waals surface area (Å²) in [6.45, 7) is 1.60. The molecular weight excluding hydrogens is 355 g/mol. The Morgan fingerprint density at radius 1 is 1.23 bits per heavy atom. The number of hydrogen-bond acceptors (Lipinski definition) is 6. The molecule has 2 aromatic rings. The first kappa shape index (κ1) is 17.1. The van der Waals surface area contributed by atoms with Gasteiger partial charge in [0, 0.05) is 0 Å². The average Bonchev–Trinajstić information content (AvgIpc) is 2.95. The number of nitrogens with one attached hydrogen (secondary N) is 1. The maximum Gasteiger partial charge on any atom is 0.237 e. The highest BCUT2D eigenvalue weighted by atomic mass is 32.2. The lowest BCUT2D eigenvalue weighted by atomic mass is 10.2. The molecule has 0 saturated heterocycles. The highest BCUT2D eigenvalue weighted by Crippen LogP contribution is 2.30. The van der Waals surface area contributed by atoms with Crippen molar-refractivity contribution in [3.63, 3.8) is 0 Å². The van der Waals surface area contributed by atoms with Crippen molar-refractivity contribution < 1.29 is 18.0 Å². The number of carbonyl (C=O) groups excluding carboxylic acids is 1. The molecular formula is C12H10F3N3OS3. The number of rotatable bonds is 5. The van der Waals surface area contributed by atoms with Crippen LogP contribution in [0.3, 0.4) is 0 Å². The predicted molar refractivity (Wildman–Crippen MR) is 82.0 cm³/mol. The van der Waals surface area contributed by atoms with Gasteiger partial charge in [0.25, 0.3) is 0 Å². The van der Waals surface area contributed by atoms with Crippen LogP contribution in [0, 0.1) is 17.5 Å². The van der Waals surface area contributed by atoms with Gasteiger partial charge in [-0.1, -0.05) is 34.9 Å². The predicted octanol–water partition coefficient (Wildman–Crippen LogP) is 3.80. The van der Waals surface area contributed by atoms with Crippen molar-refractivity contribution in [1.29, 1.82) is 0 Å². The second-order valence-corrected chi connectivity index (χ2v) is 7.63. The van der Waals surface area contributed by atoms with Gasteiger partial charge >= 0.3 is 0 Å². The second kappa shape index (κ2) is 7.34. The van der Waals surface area contributed by atoms with Crippen LogP contribution in [0.5, 0.6) is 0 Å². The Morgan fingerprint density at radius 3 is 2.55 bits per heavy atom. The molecule has 4 nitrogen and oxygen atoms in total. The van der Waals surface area contributed by atoms with Crippen molar-refractivity contribution >= 4 is 46.5 Å². The molecule has 0 spiro atoms. The lowest BCUT2D eigenvalue weighted by molar-refractivity contribution is -0.115. The Labute approximate surface area is 136 Å². The fourth-order valence-corrected chi connectivity index (χ4v) is 3.97. The molecule has 10 heteroatoms. The molecule has 0 aliphatic rings. The van der Waals surface area contributed by atoms with E-state index in [9.17, 15) is 18.0 Å². The Hall–Kier alpha value is -1.26. The van der Waals surface area contributed by atoms with Crippen molar-refractivity contribution in [3.05, 3.63) is 29.6 Å². The Bertz CT molecular complexity index is 695. The summed E-state index contributed by atoms with van der Waals surface area (Å²) in [5, 5.41) is 9.43. The molecule has 1 aromatic heterocycles. The molecule has 1 atom stereocenters. The summed E-state index contributed by atoms with van der Waals surface area (Å²) in [6.07, 6.45) is 1.86. The molecule has 1 N–H and O–H groups in total. The van der Waals surface area contributed by atoms with Gasteiger partial charge in [0.2, 0.25) is 5.91 Å². The molecule has 0 radical (unpaired) electrons. The number of benzene rings is 1. The summed E-state index contributed by atoms with van der Waals surface area (Å²) >= 11 is 3.92. The standard InChI is InChI=1S/C12H10F3N3OS3/c1-5(21-12-18-17-11(20-2)22-12)10(19)16-7-4-3-6(13)8(14)9(7)15/h3-5H,1-2H3,(H,16,19)/t5-/m0/s1. The van der Waals surface area contributed by atoms with Crippen LogP contribution in [0.2, 0.25) is 0 Å². The van der Waals surface area contributed by atoms with E-state index < -0.39 is 34.3 Å². The molecule has 1 heterocycles. The van der Waals surface area contributed by atoms with Crippen LogP contribution in [0.15, 0.2) is 20.8 Å². The minimum atomic E-state index is -1.62. The Kier molecular flexibility index (Phi) is 5.70. The minimum Gasteiger partial charge on any atom is -0.323 e. The number of nitrogens with zero attached hydrogens (tertiary/aromatic N) is 2. The Morgan fingerprint density at radius 2 is 1.91 bits per heavy atom. The summed E-state index contributed by atoms with van der Waals surface area (Å²) in [5.74, 6) is -4.90. The zero-order valence-corrected chi connectivity index (χ0v) is 13.8. The fraction of sp³-hybridized carbons (Fsp3) is 0.250. The maximum atomic E-state index is 13.5. The number of thioether (sulfide) groups is 2. The van der Waals surface area contributed by atoms with Gasteiger partial charge in [-0.05, 0) is 25.3 Å². The lowest BCUT2D eigenvalue weighted by Crippen LogP contribution is -2.23. The van der Waals surface area contributed by atoms with Gasteiger partial charge < -0.3 is 5.32 Å². The smallest absolute Gasteiger partial charge is 0.237 e. The first-order chi connectivity index (χ1) is 10.4. The van der Waals surface area contributed by atoms with Crippen LogP contribution in [0.1, 0.15) is 6.92 Å². The van der Waals surface area contributed by atoms with Gasteiger partial charge in [0.15, 0.2) is 26.1 Å². The normalized spacial score (nSPS) is 12.2. The number of hydrogen-bond donors (Lipinski definition) is 1. The zero-order chi connectivity index (χ0) is 16.3. The maximum absolute atomic E-state index is 13.5. The summed E-state index contributed by atoms with van der Waals surface area (Å²) < 4.78 is 40.8. The summed E-state index contributed by atoms with van der Waals surface area (Å²) in [5.41, 5.74) is -0.404. The van der Waals surface area contributed by atoms with Gasteiger partial charge in [-0.2, -0.15) is 0 Å². The minimum absolute atomic E-state index is 0.404. The fourth-order valence-electron chi connectivity index (χ4n) is 1.39. The van der Waals surface area contributed by atoms with Crippen molar-refractivity contribution in [2.45, 2.75) is 20.9 Å². The van der Waals surface area contributed by atoms with E-state index >= 15 is 0 Å². The number of aromatic nitrogens is 2. The van der Waals surface area contributed by atoms with Gasteiger partial charge in [0.05, 0.1) is 10.9 Å². The van der Waals surface area contributed by atoms with E-state index in [1.165, 1.54) is 23.1 Å². The van der Waals surface area contributed by atoms with Crippen LogP contribution in [0.25, 0.3) is 0 Å². The molecule has 22 heavy (non-hydrogen) atoms. The number of carbonyl (C=O) groups is 1. The summed E-state index contributed by atoms with van der Waals surface area (Å²) in [6, 6.07) is 1.72. The SMILES string of the molecule is CSc1nnc(S[C@@H](C)C(=O)Nc2ccc(F)c(F)c2F)s1. The number of anilines is 1. The molecule has 2 rings (SSSR count). The van der Waals surface area contributed by atoms with Gasteiger partial charge in [0.1, 0.15) is 0 Å². The van der Waals surface area contributed by atoms with Crippen molar-refractivity contribution in [3.8, 4) is 0 Å². The van der Waals surface area contributed by atoms with Crippen molar-refractivity contribution in [2.24, 2.45) is 0 Å². The van der Waals surface area contributed by atoms with E-state index in [4.69, 9.17) is 0 Å². The molecule has 0 aliphatic carbocycles. The molecule has 1 aromatic carbocycles. The van der Waals surface area contributed by atoms with Crippen LogP contribution < -0.4 is 5.32 Å². The lowest BCUT2D eigenvalue weighted by Gasteiger charge is -2.11. The van der Waals surface area contributed by atoms with E-state index in [1.54, 1.807) is 6.92 Å². The third kappa shape index (κ3) is 3.93. The molecule has 1 amide bonds. The zero-order valence-electron chi connectivity index (χ0n) is 11.4. The summed E-state index contributed by atoms with van der Waals surface area (Å²) in [4.78, 5) is 12.0. The third-order valence-corrected chi connectivity index (χ3v) is 5.59. The first-order valence-electron chi connectivity index (χ1n) is 5.91. The highest BCUT2D eigenvalue weighted by Gasteiger charge is 2.20. The molecule has 0 bridgehead atoms. The van der Waals surface area contributed by atoms with E-state index in [-0.39, 0.29) is 0 Å². The largest absolute Gasteiger partial charge is 0.323 e. The van der Waals surface area contributed by atoms with Gasteiger partial charge in [-0.3, -0.25) is 4.79 Å². The number of amides is 1. The molecule has 0 unspecified atom stereocenters. The van der Waals surface area contributed by atoms with Gasteiger partial charge in [-0.15, -0.1) is 10.2 Å². The van der Waals surface area contributed by atoms with Crippen LogP contribution in [-0.4, -0.2) is 27.6 Å². The van der Waals surface area contributed by atoms with Crippen LogP contribution in [0.4, 0.5) is 18.9 Å². The van der Waals surface area contributed by atoms with E-state index in [0.717, 1.165) is 28.2 Å². The van der Waals surface area contributed by atoms with Crippen LogP contribution >= 0.6 is 34.9 Å². The molecule has 0 aliphatic heterocycles. The van der Waals surface area contributed by atoms with E-state index in [0.29, 0.717) is 4.34 Å². The number of halogens is 3. The average molecular weight is 365 g/mol. The quantitative estimate of drug-likeness (QED) is 0.645. The van der Waals surface area contributed by atoms with Crippen LogP contribution in [-0.2, 0) is 4.79 Å². The van der Waals surface area contributed by atoms with Crippen molar-refractivity contribution in [1.82, 2.24) is 10.2 Å². The monoisotopic (exact) mass is 365 g/mol. The van der Waals surface area contributed by atoms with Gasteiger partial charge in [-0.25, -0.2) is 13.2 Å². The third-order valence-electron chi connectivity index (χ3n) is 2.50.